The fourth-order valence-electron chi connectivity index (χ4n) is 6.53. The summed E-state index contributed by atoms with van der Waals surface area (Å²) in [4.78, 5) is 100. The Morgan fingerprint density at radius 3 is 1.98 bits per heavy atom. The van der Waals surface area contributed by atoms with Crippen LogP contribution in [0.5, 0.6) is 0 Å². The van der Waals surface area contributed by atoms with Crippen LogP contribution in [0.2, 0.25) is 0 Å². The number of nitrogens with zero attached hydrogens (tertiary/aromatic N) is 1. The molecule has 0 saturated heterocycles. The van der Waals surface area contributed by atoms with E-state index in [-0.39, 0.29) is 62.1 Å². The third kappa shape index (κ3) is 15.8. The third-order valence-corrected chi connectivity index (χ3v) is 9.64. The summed E-state index contributed by atoms with van der Waals surface area (Å²) in [5.41, 5.74) is 12.8. The molecule has 5 atom stereocenters. The second kappa shape index (κ2) is 23.8. The number of carboxylic acids is 1. The molecule has 0 aliphatic heterocycles. The summed E-state index contributed by atoms with van der Waals surface area (Å²) in [5, 5.41) is 26.7. The van der Waals surface area contributed by atoms with Gasteiger partial charge in [-0.1, -0.05) is 82.3 Å². The normalized spacial score (nSPS) is 13.9. The number of H-pyrrole nitrogens is 1. The molecular weight excluding hydrogens is 785 g/mol. The van der Waals surface area contributed by atoms with Gasteiger partial charge in [-0.05, 0) is 55.2 Å². The van der Waals surface area contributed by atoms with Gasteiger partial charge in [-0.2, -0.15) is 0 Å². The molecule has 0 radical (unpaired) electrons. The van der Waals surface area contributed by atoms with Crippen molar-refractivity contribution in [2.75, 3.05) is 6.54 Å². The fourth-order valence-corrected chi connectivity index (χ4v) is 6.53. The predicted molar refractivity (Wildman–Crippen MR) is 231 cm³/mol. The number of carboxylic acid groups (broad SMARTS) is 1. The van der Waals surface area contributed by atoms with E-state index in [0.29, 0.717) is 11.1 Å². The number of aliphatic carboxylic acids is 1. The van der Waals surface area contributed by atoms with Gasteiger partial charge in [0.05, 0.1) is 0 Å². The average molecular weight is 845 g/mol. The average Bonchev–Trinajstić information content (AvgIpc) is 3.61. The Hall–Kier alpha value is -6.72. The summed E-state index contributed by atoms with van der Waals surface area (Å²) < 4.78 is 0. The molecule has 5 unspecified atom stereocenters. The number of nitrogens with two attached hydrogens (primary N) is 2. The first-order chi connectivity index (χ1) is 28.9. The molecule has 18 heteroatoms. The van der Waals surface area contributed by atoms with E-state index in [9.17, 15) is 38.7 Å². The van der Waals surface area contributed by atoms with E-state index < -0.39 is 71.6 Å². The Labute approximate surface area is 355 Å². The molecule has 6 amide bonds. The molecule has 1 aromatic heterocycles. The fraction of sp³-hybridized carbons (Fsp3) is 0.442. The first-order valence-electron chi connectivity index (χ1n) is 20.2. The van der Waals surface area contributed by atoms with Crippen molar-refractivity contribution in [3.05, 3.63) is 83.7 Å². The van der Waals surface area contributed by atoms with Crippen molar-refractivity contribution in [2.45, 2.75) is 104 Å². The van der Waals surface area contributed by atoms with Gasteiger partial charge in [-0.3, -0.25) is 33.8 Å². The number of carbonyl (C=O) groups is 7. The van der Waals surface area contributed by atoms with Gasteiger partial charge in [-0.25, -0.2) is 4.79 Å². The molecule has 3 aromatic rings. The molecular formula is C43H60N10O8. The van der Waals surface area contributed by atoms with Crippen LogP contribution in [0.25, 0.3) is 10.9 Å². The van der Waals surface area contributed by atoms with Crippen molar-refractivity contribution in [2.24, 2.45) is 28.3 Å². The lowest BCUT2D eigenvalue weighted by molar-refractivity contribution is -0.141. The molecule has 0 aliphatic carbocycles. The Balaban J connectivity index is 1.84. The van der Waals surface area contributed by atoms with Crippen LogP contribution in [0, 0.1) is 11.8 Å². The van der Waals surface area contributed by atoms with Gasteiger partial charge in [-0.15, -0.1) is 0 Å². The van der Waals surface area contributed by atoms with Crippen LogP contribution in [0.15, 0.2) is 77.6 Å². The Bertz CT molecular complexity index is 2060. The molecule has 61 heavy (non-hydrogen) atoms. The number of aliphatic imine (C=N–C) groups is 1. The molecule has 0 bridgehead atoms. The number of amides is 6. The highest BCUT2D eigenvalue weighted by molar-refractivity contribution is 6.01. The van der Waals surface area contributed by atoms with Crippen molar-refractivity contribution in [1.82, 2.24) is 36.9 Å². The van der Waals surface area contributed by atoms with Crippen LogP contribution >= 0.6 is 0 Å². The zero-order chi connectivity index (χ0) is 45.2. The Kier molecular flexibility index (Phi) is 19.0. The zero-order valence-corrected chi connectivity index (χ0v) is 35.5. The third-order valence-electron chi connectivity index (χ3n) is 9.64. The summed E-state index contributed by atoms with van der Waals surface area (Å²) in [6.07, 6.45) is 3.44. The largest absolute Gasteiger partial charge is 0.480 e. The van der Waals surface area contributed by atoms with E-state index >= 15 is 0 Å². The first-order valence-corrected chi connectivity index (χ1v) is 20.2. The molecule has 1 heterocycles. The number of aromatic nitrogens is 1. The van der Waals surface area contributed by atoms with Gasteiger partial charge < -0.3 is 53.5 Å². The van der Waals surface area contributed by atoms with Crippen LogP contribution in [-0.2, 0) is 46.4 Å². The maximum absolute atomic E-state index is 14.1. The van der Waals surface area contributed by atoms with Crippen molar-refractivity contribution >= 4 is 58.3 Å². The number of fused-ring (bicyclic) bond motifs is 1. The van der Waals surface area contributed by atoms with Gasteiger partial charge >= 0.3 is 5.97 Å². The van der Waals surface area contributed by atoms with Crippen molar-refractivity contribution < 1.29 is 38.7 Å². The summed E-state index contributed by atoms with van der Waals surface area (Å²) in [5.74, 6) is -5.94. The minimum atomic E-state index is -1.35. The maximum Gasteiger partial charge on any atom is 0.326 e. The summed E-state index contributed by atoms with van der Waals surface area (Å²) in [6.45, 7) is 10.1. The molecule has 18 nitrogen and oxygen atoms in total. The van der Waals surface area contributed by atoms with Crippen LogP contribution in [0.1, 0.15) is 71.9 Å². The number of nitrogens with one attached hydrogen (secondary N) is 7. The maximum atomic E-state index is 14.1. The molecule has 0 spiro atoms. The second-order valence-corrected chi connectivity index (χ2v) is 15.5. The zero-order valence-electron chi connectivity index (χ0n) is 35.5. The second-order valence-electron chi connectivity index (χ2n) is 15.5. The minimum absolute atomic E-state index is 0.0130. The minimum Gasteiger partial charge on any atom is -0.480 e. The SMILES string of the molecule is CC=C(NC(=O)C(Cc1ccccc1)NC(=O)C(CC(C)C)NC(=O)C(CCCN=C(N)N)NC(=O)C(NC(C)=O)C(C)C)C(=O)NC(Cc1c[nH]c2ccccc12)C(=O)O. The monoisotopic (exact) mass is 844 g/mol. The van der Waals surface area contributed by atoms with E-state index in [1.165, 1.54) is 19.9 Å². The van der Waals surface area contributed by atoms with E-state index in [0.717, 1.165) is 10.9 Å². The van der Waals surface area contributed by atoms with E-state index in [1.807, 2.05) is 38.1 Å². The number of rotatable bonds is 23. The van der Waals surface area contributed by atoms with Crippen molar-refractivity contribution in [3.63, 3.8) is 0 Å². The lowest BCUT2D eigenvalue weighted by Gasteiger charge is -2.28. The molecule has 330 valence electrons. The molecule has 0 aliphatic rings. The number of guanidine groups is 1. The Morgan fingerprint density at radius 1 is 0.754 bits per heavy atom. The highest BCUT2D eigenvalue weighted by Gasteiger charge is 2.33. The van der Waals surface area contributed by atoms with Gasteiger partial charge in [0.25, 0.3) is 5.91 Å². The van der Waals surface area contributed by atoms with Crippen LogP contribution in [-0.4, -0.2) is 94.2 Å². The number of benzene rings is 2. The number of aromatic amines is 1. The Morgan fingerprint density at radius 2 is 1.38 bits per heavy atom. The number of para-hydroxylation sites is 1. The van der Waals surface area contributed by atoms with E-state index in [1.54, 1.807) is 50.4 Å². The van der Waals surface area contributed by atoms with Crippen molar-refractivity contribution in [3.8, 4) is 0 Å². The van der Waals surface area contributed by atoms with Gasteiger partial charge in [0.1, 0.15) is 35.9 Å². The molecule has 12 N–H and O–H groups in total. The lowest BCUT2D eigenvalue weighted by atomic mass is 9.99. The van der Waals surface area contributed by atoms with Gasteiger partial charge in [0.2, 0.25) is 29.5 Å². The standard InChI is InChI=1S/C43H60N10O8/c1-7-30(37(55)53-35(42(60)61)22-28-23-47-31-17-12-11-16-29(28)31)49-40(58)34(21-27-14-9-8-10-15-27)52-39(57)33(20-24(2)3)51-38(56)32(18-13-19-46-43(44)45)50-41(59)36(25(4)5)48-26(6)54/h7-12,14-17,23-25,32-36,47H,13,18-22H2,1-6H3,(H,48,54)(H,49,58)(H,50,59)(H,51,56)(H,52,57)(H,53,55)(H,60,61)(H4,44,45,46). The predicted octanol–water partition coefficient (Wildman–Crippen LogP) is 1.26. The summed E-state index contributed by atoms with van der Waals surface area (Å²) >= 11 is 0. The lowest BCUT2D eigenvalue weighted by Crippen LogP contribution is -2.59. The number of hydrogen-bond acceptors (Lipinski definition) is 8. The smallest absolute Gasteiger partial charge is 0.326 e. The van der Waals surface area contributed by atoms with Gasteiger partial charge in [0, 0.05) is 43.4 Å². The highest BCUT2D eigenvalue weighted by atomic mass is 16.4. The molecule has 0 fully saturated rings. The number of carbonyl (C=O) groups excluding carboxylic acids is 6. The molecule has 2 aromatic carbocycles. The van der Waals surface area contributed by atoms with Crippen LogP contribution in [0.4, 0.5) is 0 Å². The summed E-state index contributed by atoms with van der Waals surface area (Å²) in [6, 6.07) is 10.2. The van der Waals surface area contributed by atoms with Gasteiger partial charge in [0.15, 0.2) is 5.96 Å². The molecule has 3 rings (SSSR count). The van der Waals surface area contributed by atoms with Crippen molar-refractivity contribution in [1.29, 1.82) is 0 Å². The summed E-state index contributed by atoms with van der Waals surface area (Å²) in [7, 11) is 0. The van der Waals surface area contributed by atoms with E-state index in [4.69, 9.17) is 11.5 Å². The number of hydrogen-bond donors (Lipinski definition) is 10. The first kappa shape index (κ1) is 48.6. The van der Waals surface area contributed by atoms with E-state index in [2.05, 4.69) is 41.9 Å². The van der Waals surface area contributed by atoms with Crippen LogP contribution < -0.4 is 43.4 Å². The topological polar surface area (TPSA) is 292 Å². The number of allylic oxidation sites excluding steroid dienone is 1. The quantitative estimate of drug-likeness (QED) is 0.0282. The highest BCUT2D eigenvalue weighted by Crippen LogP contribution is 2.19. The molecule has 0 saturated carbocycles. The van der Waals surface area contributed by atoms with Crippen LogP contribution in [0.3, 0.4) is 0 Å².